The van der Waals surface area contributed by atoms with Gasteiger partial charge in [0.05, 0.1) is 0 Å². The van der Waals surface area contributed by atoms with Crippen LogP contribution in [-0.2, 0) is 14.4 Å². The van der Waals surface area contributed by atoms with Crippen molar-refractivity contribution in [3.63, 3.8) is 0 Å². The summed E-state index contributed by atoms with van der Waals surface area (Å²) in [6, 6.07) is 13.3. The van der Waals surface area contributed by atoms with Crippen LogP contribution in [0.25, 0.3) is 16.9 Å². The SMILES string of the molecule is CCCCCCCCCCC#Cc1cc(C#CCCCCCCCCCC)cc(C2=C(CCCC)C(CCCC)=C(c3cc(C#CCCCCCCCCCC)cc(C#CCCCCCCCCCC)c3)[N+]2=[N-])c1.[CH3][Ni][CH3]. The molecule has 0 amide bonds. The Morgan fingerprint density at radius 2 is 0.519 bits per heavy atom. The molecule has 0 bridgehead atoms. The molecule has 2 aromatic rings. The van der Waals surface area contributed by atoms with E-state index in [2.05, 4.69) is 137 Å². The third-order valence-electron chi connectivity index (χ3n) is 14.9. The quantitative estimate of drug-likeness (QED) is 0.0275. The molecule has 0 spiro atoms. The Morgan fingerprint density at radius 1 is 0.312 bits per heavy atom. The average Bonchev–Trinajstić information content (AvgIpc) is 3.73. The molecule has 0 aromatic heterocycles. The predicted molar refractivity (Wildman–Crippen MR) is 338 cm³/mol. The molecule has 0 atom stereocenters. The molecule has 0 radical (unpaired) electrons. The molecule has 0 fully saturated rings. The number of hydrogen-bond donors (Lipinski definition) is 0. The van der Waals surface area contributed by atoms with Crippen molar-refractivity contribution in [2.24, 2.45) is 0 Å². The second kappa shape index (κ2) is 49.3. The summed E-state index contributed by atoms with van der Waals surface area (Å²) < 4.78 is 1.55. The second-order valence-corrected chi connectivity index (χ2v) is 23.2. The summed E-state index contributed by atoms with van der Waals surface area (Å²) in [5.41, 5.74) is 23.1. The monoisotopic (exact) mass is 1090 g/mol. The molecule has 77 heavy (non-hydrogen) atoms. The molecule has 0 unspecified atom stereocenters. The number of hydrogen-bond acceptors (Lipinski definition) is 0. The van der Waals surface area contributed by atoms with E-state index in [9.17, 15) is 5.53 Å². The Morgan fingerprint density at radius 3 is 0.740 bits per heavy atom. The summed E-state index contributed by atoms with van der Waals surface area (Å²) in [6.45, 7) is 13.7. The van der Waals surface area contributed by atoms with Crippen molar-refractivity contribution in [2.45, 2.75) is 323 Å². The van der Waals surface area contributed by atoms with Crippen LogP contribution in [0.3, 0.4) is 0 Å². The van der Waals surface area contributed by atoms with Crippen LogP contribution in [0.15, 0.2) is 47.5 Å². The van der Waals surface area contributed by atoms with Crippen LogP contribution in [-0.4, -0.2) is 4.70 Å². The van der Waals surface area contributed by atoms with E-state index in [0.717, 1.165) is 135 Å². The van der Waals surface area contributed by atoms with Gasteiger partial charge >= 0.3 is 26.2 Å². The van der Waals surface area contributed by atoms with Crippen LogP contribution >= 0.6 is 0 Å². The molecular formula is C74H114N2Ni. The van der Waals surface area contributed by atoms with Gasteiger partial charge < -0.3 is 5.53 Å². The zero-order valence-electron chi connectivity index (χ0n) is 51.4. The van der Waals surface area contributed by atoms with Crippen molar-refractivity contribution >= 4 is 11.4 Å². The molecule has 3 heteroatoms. The first kappa shape index (κ1) is 69.4. The first-order valence-corrected chi connectivity index (χ1v) is 34.3. The third kappa shape index (κ3) is 32.8. The molecule has 3 rings (SSSR count). The van der Waals surface area contributed by atoms with Gasteiger partial charge in [0.1, 0.15) is 0 Å². The molecule has 2 aromatic carbocycles. The van der Waals surface area contributed by atoms with Gasteiger partial charge in [0.2, 0.25) is 11.4 Å². The van der Waals surface area contributed by atoms with Crippen molar-refractivity contribution in [2.75, 3.05) is 0 Å². The fourth-order valence-electron chi connectivity index (χ4n) is 10.4. The van der Waals surface area contributed by atoms with Crippen molar-refractivity contribution in [3.8, 4) is 47.4 Å². The van der Waals surface area contributed by atoms with E-state index in [-0.39, 0.29) is 0 Å². The molecule has 1 heterocycles. The average molecular weight is 1090 g/mol. The van der Waals surface area contributed by atoms with Gasteiger partial charge in [0, 0.05) is 70.2 Å². The van der Waals surface area contributed by atoms with Crippen LogP contribution in [0, 0.1) is 47.4 Å². The Balaban J connectivity index is 0.00000659. The van der Waals surface area contributed by atoms with E-state index in [1.54, 1.807) is 19.1 Å². The predicted octanol–water partition coefficient (Wildman–Crippen LogP) is 23.9. The van der Waals surface area contributed by atoms with Gasteiger partial charge in [0.25, 0.3) is 0 Å². The normalized spacial score (nSPS) is 11.9. The number of unbranched alkanes of at least 4 members (excludes halogenated alkanes) is 34. The fraction of sp³-hybridized carbons (Fsp3) is 0.676. The van der Waals surface area contributed by atoms with Gasteiger partial charge in [-0.25, -0.2) is 4.70 Å². The molecule has 0 N–H and O–H groups in total. The van der Waals surface area contributed by atoms with E-state index >= 15 is 0 Å². The van der Waals surface area contributed by atoms with Crippen LogP contribution in [0.4, 0.5) is 0 Å². The van der Waals surface area contributed by atoms with E-state index in [1.165, 1.54) is 191 Å². The number of nitrogens with zero attached hydrogens (tertiary/aromatic N) is 2. The number of allylic oxidation sites excluding steroid dienone is 2. The molecule has 1 aliphatic rings. The zero-order valence-corrected chi connectivity index (χ0v) is 52.4. The Kier molecular flexibility index (Phi) is 44.4. The first-order chi connectivity index (χ1) is 37.9. The molecule has 430 valence electrons. The van der Waals surface area contributed by atoms with E-state index in [0.29, 0.717) is 0 Å². The zero-order chi connectivity index (χ0) is 55.7. The summed E-state index contributed by atoms with van der Waals surface area (Å²) in [4.78, 5) is 0. The van der Waals surface area contributed by atoms with E-state index in [4.69, 9.17) is 0 Å². The Hall–Kier alpha value is -3.75. The summed E-state index contributed by atoms with van der Waals surface area (Å²) in [5.74, 6) is 32.7. The van der Waals surface area contributed by atoms with E-state index in [1.807, 2.05) is 0 Å². The summed E-state index contributed by atoms with van der Waals surface area (Å²) >= 11 is 1.62. The molecule has 0 saturated carbocycles. The molecule has 0 saturated heterocycles. The van der Waals surface area contributed by atoms with Gasteiger partial charge in [-0.1, -0.05) is 282 Å². The Bertz CT molecular complexity index is 1920. The number of benzene rings is 2. The molecule has 2 nitrogen and oxygen atoms in total. The van der Waals surface area contributed by atoms with Crippen LogP contribution in [0.5, 0.6) is 0 Å². The van der Waals surface area contributed by atoms with E-state index < -0.39 is 0 Å². The topological polar surface area (TPSA) is 25.3 Å². The fourth-order valence-corrected chi connectivity index (χ4v) is 10.4. The minimum absolute atomic E-state index is 0.894. The van der Waals surface area contributed by atoms with Crippen LogP contribution in [0.1, 0.15) is 345 Å². The van der Waals surface area contributed by atoms with Crippen molar-refractivity contribution < 1.29 is 19.1 Å². The van der Waals surface area contributed by atoms with Gasteiger partial charge in [-0.2, -0.15) is 0 Å². The first-order valence-electron chi connectivity index (χ1n) is 32.4. The molecule has 1 aliphatic heterocycles. The van der Waals surface area contributed by atoms with Crippen molar-refractivity contribution in [1.29, 1.82) is 0 Å². The van der Waals surface area contributed by atoms with Gasteiger partial charge in [-0.3, -0.25) is 0 Å². The minimum atomic E-state index is 0.894. The van der Waals surface area contributed by atoms with Gasteiger partial charge in [-0.05, 0) is 87.8 Å². The third-order valence-corrected chi connectivity index (χ3v) is 14.9. The molecule has 0 aliphatic carbocycles. The van der Waals surface area contributed by atoms with Crippen LogP contribution < -0.4 is 0 Å². The summed E-state index contributed by atoms with van der Waals surface area (Å²) in [6.07, 6.45) is 51.4. The van der Waals surface area contributed by atoms with Gasteiger partial charge in [-0.15, -0.1) is 0 Å². The van der Waals surface area contributed by atoms with Crippen molar-refractivity contribution in [3.05, 3.63) is 86.5 Å². The molecular weight excluding hydrogens is 976 g/mol. The Labute approximate surface area is 484 Å². The standard InChI is InChI=1S/C72H108N2.2CH3.Ni/c1-7-13-19-23-27-31-35-39-43-47-51-63-57-64(52-48-44-40-36-32-28-24-20-14-8-2)60-67(59-63)71-69(55-17-11-5)70(56-18-12-6)72(74(71)73)68-61-65(53-49-45-41-37-33-29-25-21-15-9-3)58-66(62-68)54-50-46-42-38-34-30-26-22-16-10-4;;;/h57-62H,7-46,55-56H2,1-6H3;2*1H3;. The summed E-state index contributed by atoms with van der Waals surface area (Å²) in [5, 5.41) is 0. The van der Waals surface area contributed by atoms with Crippen molar-refractivity contribution in [1.82, 2.24) is 0 Å². The second-order valence-electron chi connectivity index (χ2n) is 22.2. The van der Waals surface area contributed by atoms with Gasteiger partial charge in [0.15, 0.2) is 0 Å². The van der Waals surface area contributed by atoms with Crippen LogP contribution in [0.2, 0.25) is 11.8 Å². The summed E-state index contributed by atoms with van der Waals surface area (Å²) in [7, 11) is 0. The maximum absolute atomic E-state index is 12.9. The number of rotatable bonds is 40. The maximum atomic E-state index is 12.9.